The van der Waals surface area contributed by atoms with Gasteiger partial charge in [0.15, 0.2) is 0 Å². The van der Waals surface area contributed by atoms with Crippen LogP contribution in [0.15, 0.2) is 55.0 Å². The molecule has 0 atom stereocenters. The lowest BCUT2D eigenvalue weighted by atomic mass is 10.1. The predicted molar refractivity (Wildman–Crippen MR) is 83.4 cm³/mol. The molecule has 0 fully saturated rings. The van der Waals surface area contributed by atoms with E-state index in [2.05, 4.69) is 20.5 Å². The molecule has 1 N–H and O–H groups in total. The standard InChI is InChI=1S/C17H12F2N4O/c18-14-6-12(7-15(19)8-14)5-11-1-2-16(20-9-11)23-17(24)13-3-4-21-22-10-13/h1-4,6-10H,5H2,(H,20,23,24). The molecule has 3 aromatic rings. The van der Waals surface area contributed by atoms with Gasteiger partial charge in [-0.25, -0.2) is 13.8 Å². The van der Waals surface area contributed by atoms with E-state index in [0.29, 0.717) is 23.4 Å². The van der Waals surface area contributed by atoms with Gasteiger partial charge < -0.3 is 5.32 Å². The van der Waals surface area contributed by atoms with Crippen LogP contribution in [0.5, 0.6) is 0 Å². The van der Waals surface area contributed by atoms with E-state index in [1.807, 2.05) is 0 Å². The Morgan fingerprint density at radius 2 is 1.75 bits per heavy atom. The fourth-order valence-electron chi connectivity index (χ4n) is 2.17. The van der Waals surface area contributed by atoms with Crippen molar-refractivity contribution in [3.8, 4) is 0 Å². The maximum absolute atomic E-state index is 13.2. The van der Waals surface area contributed by atoms with Crippen LogP contribution in [0.1, 0.15) is 21.5 Å². The Kier molecular flexibility index (Phi) is 4.51. The Bertz CT molecular complexity index is 834. The summed E-state index contributed by atoms with van der Waals surface area (Å²) in [6.07, 6.45) is 4.65. The molecule has 1 amide bonds. The average Bonchev–Trinajstić information content (AvgIpc) is 2.56. The number of carbonyl (C=O) groups is 1. The van der Waals surface area contributed by atoms with Gasteiger partial charge in [0.05, 0.1) is 18.0 Å². The van der Waals surface area contributed by atoms with Crippen LogP contribution in [-0.4, -0.2) is 21.1 Å². The van der Waals surface area contributed by atoms with Crippen molar-refractivity contribution in [3.63, 3.8) is 0 Å². The van der Waals surface area contributed by atoms with Gasteiger partial charge >= 0.3 is 0 Å². The van der Waals surface area contributed by atoms with E-state index in [9.17, 15) is 13.6 Å². The van der Waals surface area contributed by atoms with Gasteiger partial charge in [-0.15, -0.1) is 0 Å². The SMILES string of the molecule is O=C(Nc1ccc(Cc2cc(F)cc(F)c2)cn1)c1ccnnc1. The Morgan fingerprint density at radius 1 is 0.958 bits per heavy atom. The van der Waals surface area contributed by atoms with Gasteiger partial charge in [-0.05, 0) is 41.8 Å². The van der Waals surface area contributed by atoms with E-state index < -0.39 is 11.6 Å². The van der Waals surface area contributed by atoms with Crippen molar-refractivity contribution in [1.82, 2.24) is 15.2 Å². The molecule has 2 heterocycles. The molecule has 1 aromatic carbocycles. The summed E-state index contributed by atoms with van der Waals surface area (Å²) in [6.45, 7) is 0. The van der Waals surface area contributed by atoms with E-state index >= 15 is 0 Å². The van der Waals surface area contributed by atoms with Crippen LogP contribution in [0, 0.1) is 11.6 Å². The van der Waals surface area contributed by atoms with Crippen LogP contribution in [0.3, 0.4) is 0 Å². The zero-order valence-corrected chi connectivity index (χ0v) is 12.4. The van der Waals surface area contributed by atoms with Crippen LogP contribution in [0.25, 0.3) is 0 Å². The minimum absolute atomic E-state index is 0.337. The number of carbonyl (C=O) groups excluding carboxylic acids is 1. The Morgan fingerprint density at radius 3 is 2.38 bits per heavy atom. The molecular formula is C17H12F2N4O. The number of nitrogens with one attached hydrogen (secondary N) is 1. The number of rotatable bonds is 4. The first-order valence-corrected chi connectivity index (χ1v) is 7.08. The third kappa shape index (κ3) is 3.95. The molecule has 0 bridgehead atoms. The molecule has 0 saturated carbocycles. The lowest BCUT2D eigenvalue weighted by molar-refractivity contribution is 0.102. The average molecular weight is 326 g/mol. The summed E-state index contributed by atoms with van der Waals surface area (Å²) in [5.41, 5.74) is 1.64. The molecule has 0 aliphatic carbocycles. The van der Waals surface area contributed by atoms with E-state index in [-0.39, 0.29) is 5.91 Å². The summed E-state index contributed by atoms with van der Waals surface area (Å²) in [5, 5.41) is 9.86. The van der Waals surface area contributed by atoms with Crippen LogP contribution < -0.4 is 5.32 Å². The molecule has 0 radical (unpaired) electrons. The van der Waals surface area contributed by atoms with Crippen molar-refractivity contribution in [2.24, 2.45) is 0 Å². The van der Waals surface area contributed by atoms with Gasteiger partial charge in [0.2, 0.25) is 0 Å². The van der Waals surface area contributed by atoms with E-state index in [1.165, 1.54) is 30.6 Å². The summed E-state index contributed by atoms with van der Waals surface area (Å²) in [5.74, 6) is -1.22. The molecule has 5 nitrogen and oxygen atoms in total. The maximum Gasteiger partial charge on any atom is 0.258 e. The minimum atomic E-state index is -0.618. The number of nitrogens with zero attached hydrogens (tertiary/aromatic N) is 3. The highest BCUT2D eigenvalue weighted by Crippen LogP contribution is 2.14. The molecule has 0 unspecified atom stereocenters. The van der Waals surface area contributed by atoms with E-state index in [4.69, 9.17) is 0 Å². The molecule has 0 saturated heterocycles. The van der Waals surface area contributed by atoms with Crippen molar-refractivity contribution in [2.45, 2.75) is 6.42 Å². The number of pyridine rings is 1. The topological polar surface area (TPSA) is 67.8 Å². The lowest BCUT2D eigenvalue weighted by Crippen LogP contribution is -2.13. The Labute approximate surface area is 136 Å². The first-order chi connectivity index (χ1) is 11.6. The number of hydrogen-bond donors (Lipinski definition) is 1. The van der Waals surface area contributed by atoms with Gasteiger partial charge in [-0.3, -0.25) is 4.79 Å². The molecule has 120 valence electrons. The summed E-state index contributed by atoms with van der Waals surface area (Å²) in [7, 11) is 0. The molecule has 0 aliphatic heterocycles. The molecule has 3 rings (SSSR count). The fourth-order valence-corrected chi connectivity index (χ4v) is 2.17. The second-order valence-electron chi connectivity index (χ2n) is 5.09. The van der Waals surface area contributed by atoms with Gasteiger partial charge in [0.25, 0.3) is 5.91 Å². The van der Waals surface area contributed by atoms with Crippen molar-refractivity contribution >= 4 is 11.7 Å². The molecule has 0 aliphatic rings. The van der Waals surface area contributed by atoms with Gasteiger partial charge in [0, 0.05) is 12.3 Å². The van der Waals surface area contributed by atoms with E-state index in [0.717, 1.165) is 11.6 Å². The number of aromatic nitrogens is 3. The normalized spacial score (nSPS) is 10.4. The molecule has 24 heavy (non-hydrogen) atoms. The summed E-state index contributed by atoms with van der Waals surface area (Å²) in [6, 6.07) is 8.27. The number of amides is 1. The van der Waals surface area contributed by atoms with Gasteiger partial charge in [0.1, 0.15) is 17.5 Å². The highest BCUT2D eigenvalue weighted by atomic mass is 19.1. The van der Waals surface area contributed by atoms with Crippen LogP contribution in [0.2, 0.25) is 0 Å². The van der Waals surface area contributed by atoms with Crippen LogP contribution in [0.4, 0.5) is 14.6 Å². The number of halogens is 2. The maximum atomic E-state index is 13.2. The Hall–Kier alpha value is -3.22. The molecule has 0 spiro atoms. The summed E-state index contributed by atoms with van der Waals surface area (Å²) in [4.78, 5) is 16.1. The van der Waals surface area contributed by atoms with E-state index in [1.54, 1.807) is 18.3 Å². The minimum Gasteiger partial charge on any atom is -0.307 e. The smallest absolute Gasteiger partial charge is 0.258 e. The number of benzene rings is 1. The molecule has 2 aromatic heterocycles. The number of hydrogen-bond acceptors (Lipinski definition) is 4. The second-order valence-corrected chi connectivity index (χ2v) is 5.09. The first kappa shape index (κ1) is 15.7. The molecule has 7 heteroatoms. The third-order valence-electron chi connectivity index (χ3n) is 3.24. The van der Waals surface area contributed by atoms with Crippen molar-refractivity contribution < 1.29 is 13.6 Å². The molecular weight excluding hydrogens is 314 g/mol. The van der Waals surface area contributed by atoms with Crippen molar-refractivity contribution in [2.75, 3.05) is 5.32 Å². The fraction of sp³-hybridized carbons (Fsp3) is 0.0588. The van der Waals surface area contributed by atoms with Crippen LogP contribution >= 0.6 is 0 Å². The highest BCUT2D eigenvalue weighted by molar-refractivity contribution is 6.03. The van der Waals surface area contributed by atoms with Gasteiger partial charge in [-0.2, -0.15) is 10.2 Å². The second kappa shape index (κ2) is 6.91. The zero-order valence-electron chi connectivity index (χ0n) is 12.4. The quantitative estimate of drug-likeness (QED) is 0.800. The number of anilines is 1. The van der Waals surface area contributed by atoms with Crippen molar-refractivity contribution in [3.05, 3.63) is 83.3 Å². The third-order valence-corrected chi connectivity index (χ3v) is 3.24. The lowest BCUT2D eigenvalue weighted by Gasteiger charge is -2.06. The van der Waals surface area contributed by atoms with Crippen molar-refractivity contribution in [1.29, 1.82) is 0 Å². The first-order valence-electron chi connectivity index (χ1n) is 7.08. The Balaban J connectivity index is 1.68. The van der Waals surface area contributed by atoms with Gasteiger partial charge in [-0.1, -0.05) is 6.07 Å². The summed E-state index contributed by atoms with van der Waals surface area (Å²) < 4.78 is 26.4. The zero-order chi connectivity index (χ0) is 16.9. The highest BCUT2D eigenvalue weighted by Gasteiger charge is 2.07. The largest absolute Gasteiger partial charge is 0.307 e. The predicted octanol–water partition coefficient (Wildman–Crippen LogP) is 2.99. The van der Waals surface area contributed by atoms with Crippen LogP contribution in [-0.2, 0) is 6.42 Å². The monoisotopic (exact) mass is 326 g/mol. The summed E-state index contributed by atoms with van der Waals surface area (Å²) >= 11 is 0.